The van der Waals surface area contributed by atoms with E-state index in [4.69, 9.17) is 10.7 Å². The van der Waals surface area contributed by atoms with E-state index in [-0.39, 0.29) is 6.04 Å². The third-order valence-electron chi connectivity index (χ3n) is 3.58. The highest BCUT2D eigenvalue weighted by Crippen LogP contribution is 2.29. The minimum atomic E-state index is 0.170. The lowest BCUT2D eigenvalue weighted by atomic mass is 10.2. The smallest absolute Gasteiger partial charge is 0.195 e. The van der Waals surface area contributed by atoms with Crippen molar-refractivity contribution in [1.82, 2.24) is 9.38 Å². The van der Waals surface area contributed by atoms with Gasteiger partial charge in [-0.05, 0) is 19.3 Å². The standard InChI is InChI=1S/C13H20N4S/c1-9-3-4-16(8-9)12-11(7-10(2)14)17-5-6-18-13(17)15-12/h5-6,9-10H,3-4,7-8,14H2,1-2H3. The molecule has 0 bridgehead atoms. The topological polar surface area (TPSA) is 46.6 Å². The monoisotopic (exact) mass is 264 g/mol. The summed E-state index contributed by atoms with van der Waals surface area (Å²) in [7, 11) is 0. The van der Waals surface area contributed by atoms with Crippen molar-refractivity contribution < 1.29 is 0 Å². The van der Waals surface area contributed by atoms with Gasteiger partial charge in [-0.3, -0.25) is 4.40 Å². The van der Waals surface area contributed by atoms with Crippen molar-refractivity contribution in [2.24, 2.45) is 11.7 Å². The van der Waals surface area contributed by atoms with Crippen molar-refractivity contribution in [1.29, 1.82) is 0 Å². The van der Waals surface area contributed by atoms with Crippen LogP contribution in [0, 0.1) is 5.92 Å². The Balaban J connectivity index is 2.01. The van der Waals surface area contributed by atoms with Gasteiger partial charge in [0.1, 0.15) is 0 Å². The van der Waals surface area contributed by atoms with Gasteiger partial charge in [0.05, 0.1) is 5.69 Å². The third kappa shape index (κ3) is 2.01. The van der Waals surface area contributed by atoms with E-state index in [9.17, 15) is 0 Å². The summed E-state index contributed by atoms with van der Waals surface area (Å²) in [6.07, 6.45) is 4.26. The van der Waals surface area contributed by atoms with E-state index >= 15 is 0 Å². The lowest BCUT2D eigenvalue weighted by Crippen LogP contribution is -2.24. The van der Waals surface area contributed by atoms with E-state index in [1.807, 2.05) is 0 Å². The molecule has 3 rings (SSSR count). The molecule has 4 nitrogen and oxygen atoms in total. The average Bonchev–Trinajstić information content (AvgIpc) is 2.95. The molecule has 98 valence electrons. The zero-order valence-corrected chi connectivity index (χ0v) is 11.8. The molecular formula is C13H20N4S. The Morgan fingerprint density at radius 1 is 1.61 bits per heavy atom. The summed E-state index contributed by atoms with van der Waals surface area (Å²) in [4.78, 5) is 8.30. The molecule has 2 aromatic heterocycles. The molecule has 0 amide bonds. The van der Waals surface area contributed by atoms with Crippen molar-refractivity contribution in [3.05, 3.63) is 17.3 Å². The zero-order valence-electron chi connectivity index (χ0n) is 11.0. The van der Waals surface area contributed by atoms with E-state index in [0.717, 1.165) is 36.2 Å². The van der Waals surface area contributed by atoms with Gasteiger partial charge in [-0.15, -0.1) is 11.3 Å². The van der Waals surface area contributed by atoms with Gasteiger partial charge in [0, 0.05) is 37.1 Å². The van der Waals surface area contributed by atoms with Crippen LogP contribution in [0.3, 0.4) is 0 Å². The largest absolute Gasteiger partial charge is 0.355 e. The first-order chi connectivity index (χ1) is 8.65. The summed E-state index contributed by atoms with van der Waals surface area (Å²) in [5.41, 5.74) is 7.26. The molecule has 0 aliphatic carbocycles. The molecule has 2 atom stereocenters. The van der Waals surface area contributed by atoms with Gasteiger partial charge in [0.2, 0.25) is 0 Å². The highest BCUT2D eigenvalue weighted by Gasteiger charge is 2.25. The predicted octanol–water partition coefficient (Wildman–Crippen LogP) is 2.13. The number of rotatable bonds is 3. The van der Waals surface area contributed by atoms with Gasteiger partial charge < -0.3 is 10.6 Å². The van der Waals surface area contributed by atoms with Crippen LogP contribution in [-0.4, -0.2) is 28.5 Å². The first kappa shape index (κ1) is 12.0. The predicted molar refractivity (Wildman–Crippen MR) is 76.4 cm³/mol. The Morgan fingerprint density at radius 2 is 2.44 bits per heavy atom. The van der Waals surface area contributed by atoms with Crippen LogP contribution in [0.5, 0.6) is 0 Å². The molecule has 1 fully saturated rings. The molecule has 0 radical (unpaired) electrons. The maximum Gasteiger partial charge on any atom is 0.195 e. The second-order valence-electron chi connectivity index (χ2n) is 5.46. The van der Waals surface area contributed by atoms with E-state index in [0.29, 0.717) is 0 Å². The normalized spacial score (nSPS) is 21.9. The number of hydrogen-bond acceptors (Lipinski definition) is 4. The summed E-state index contributed by atoms with van der Waals surface area (Å²) in [6.45, 7) is 6.61. The average molecular weight is 264 g/mol. The quantitative estimate of drug-likeness (QED) is 0.924. The Labute approximate surface area is 111 Å². The van der Waals surface area contributed by atoms with E-state index < -0.39 is 0 Å². The van der Waals surface area contributed by atoms with Crippen LogP contribution < -0.4 is 10.6 Å². The minimum Gasteiger partial charge on any atom is -0.355 e. The SMILES string of the molecule is CC(N)Cc1c(N2CCC(C)C2)nc2sccn12. The number of fused-ring (bicyclic) bond motifs is 1. The number of nitrogens with zero attached hydrogens (tertiary/aromatic N) is 3. The molecule has 3 heterocycles. The van der Waals surface area contributed by atoms with Crippen LogP contribution in [0.4, 0.5) is 5.82 Å². The summed E-state index contributed by atoms with van der Waals surface area (Å²) < 4.78 is 2.20. The number of nitrogens with two attached hydrogens (primary N) is 1. The van der Waals surface area contributed by atoms with Crippen LogP contribution in [-0.2, 0) is 6.42 Å². The number of thiazole rings is 1. The van der Waals surface area contributed by atoms with Crippen molar-refractivity contribution in [3.63, 3.8) is 0 Å². The van der Waals surface area contributed by atoms with Gasteiger partial charge in [-0.1, -0.05) is 6.92 Å². The van der Waals surface area contributed by atoms with Crippen molar-refractivity contribution in [2.75, 3.05) is 18.0 Å². The Morgan fingerprint density at radius 3 is 3.11 bits per heavy atom. The summed E-state index contributed by atoms with van der Waals surface area (Å²) in [5, 5.41) is 2.09. The van der Waals surface area contributed by atoms with E-state index in [2.05, 4.69) is 34.7 Å². The Bertz CT molecular complexity index is 542. The van der Waals surface area contributed by atoms with E-state index in [1.54, 1.807) is 11.3 Å². The molecular weight excluding hydrogens is 244 g/mol. The van der Waals surface area contributed by atoms with Gasteiger partial charge in [-0.25, -0.2) is 4.98 Å². The molecule has 1 saturated heterocycles. The second kappa shape index (κ2) is 4.55. The summed E-state index contributed by atoms with van der Waals surface area (Å²) in [5.74, 6) is 1.93. The van der Waals surface area contributed by atoms with Crippen LogP contribution in [0.25, 0.3) is 4.96 Å². The fourth-order valence-corrected chi connectivity index (χ4v) is 3.42. The van der Waals surface area contributed by atoms with E-state index in [1.165, 1.54) is 12.1 Å². The maximum absolute atomic E-state index is 5.98. The number of hydrogen-bond donors (Lipinski definition) is 1. The fraction of sp³-hybridized carbons (Fsp3) is 0.615. The first-order valence-electron chi connectivity index (χ1n) is 6.60. The molecule has 2 unspecified atom stereocenters. The zero-order chi connectivity index (χ0) is 12.7. The van der Waals surface area contributed by atoms with Crippen molar-refractivity contribution in [2.45, 2.75) is 32.7 Å². The van der Waals surface area contributed by atoms with Gasteiger partial charge in [-0.2, -0.15) is 0 Å². The van der Waals surface area contributed by atoms with Crippen LogP contribution in [0.15, 0.2) is 11.6 Å². The van der Waals surface area contributed by atoms with Crippen molar-refractivity contribution in [3.8, 4) is 0 Å². The van der Waals surface area contributed by atoms with Crippen LogP contribution in [0.1, 0.15) is 26.0 Å². The molecule has 1 aliphatic rings. The van der Waals surface area contributed by atoms with Crippen LogP contribution in [0.2, 0.25) is 0 Å². The lowest BCUT2D eigenvalue weighted by Gasteiger charge is -2.18. The van der Waals surface area contributed by atoms with Gasteiger partial charge in [0.15, 0.2) is 10.8 Å². The molecule has 2 N–H and O–H groups in total. The Hall–Kier alpha value is -1.07. The third-order valence-corrected chi connectivity index (χ3v) is 4.34. The minimum absolute atomic E-state index is 0.170. The lowest BCUT2D eigenvalue weighted by molar-refractivity contribution is 0.658. The maximum atomic E-state index is 5.98. The second-order valence-corrected chi connectivity index (χ2v) is 6.33. The highest BCUT2D eigenvalue weighted by molar-refractivity contribution is 7.15. The molecule has 0 saturated carbocycles. The molecule has 5 heteroatoms. The fourth-order valence-electron chi connectivity index (χ4n) is 2.70. The summed E-state index contributed by atoms with van der Waals surface area (Å²) >= 11 is 1.69. The first-order valence-corrected chi connectivity index (χ1v) is 7.48. The molecule has 0 spiro atoms. The van der Waals surface area contributed by atoms with Gasteiger partial charge >= 0.3 is 0 Å². The highest BCUT2D eigenvalue weighted by atomic mass is 32.1. The van der Waals surface area contributed by atoms with Gasteiger partial charge in [0.25, 0.3) is 0 Å². The number of imidazole rings is 1. The molecule has 18 heavy (non-hydrogen) atoms. The summed E-state index contributed by atoms with van der Waals surface area (Å²) in [6, 6.07) is 0.170. The number of anilines is 1. The molecule has 0 aromatic carbocycles. The van der Waals surface area contributed by atoms with Crippen molar-refractivity contribution >= 4 is 22.1 Å². The Kier molecular flexibility index (Phi) is 3.03. The molecule has 1 aliphatic heterocycles. The van der Waals surface area contributed by atoms with Crippen LogP contribution >= 0.6 is 11.3 Å². The number of aromatic nitrogens is 2. The molecule has 2 aromatic rings.